The minimum Gasteiger partial charge on any atom is -0.395 e. The van der Waals surface area contributed by atoms with Crippen molar-refractivity contribution in [1.82, 2.24) is 14.7 Å². The predicted octanol–water partition coefficient (Wildman–Crippen LogP) is 2.32. The third-order valence-electron chi connectivity index (χ3n) is 3.16. The SMILES string of the molecule is CCc1nn(C)c(C(=O)N(CC(C)C)CC(C)C)c1N. The highest BCUT2D eigenvalue weighted by Gasteiger charge is 2.25. The summed E-state index contributed by atoms with van der Waals surface area (Å²) in [6.07, 6.45) is 0.737. The summed E-state index contributed by atoms with van der Waals surface area (Å²) in [6, 6.07) is 0. The number of carbonyl (C=O) groups excluding carboxylic acids is 1. The van der Waals surface area contributed by atoms with Gasteiger partial charge in [0.2, 0.25) is 0 Å². The van der Waals surface area contributed by atoms with Gasteiger partial charge in [-0.05, 0) is 18.3 Å². The molecule has 0 fully saturated rings. The zero-order chi connectivity index (χ0) is 15.4. The topological polar surface area (TPSA) is 64.2 Å². The van der Waals surface area contributed by atoms with Crippen LogP contribution in [0, 0.1) is 11.8 Å². The summed E-state index contributed by atoms with van der Waals surface area (Å²) in [5, 5.41) is 4.33. The lowest BCUT2D eigenvalue weighted by Crippen LogP contribution is -2.38. The molecule has 1 amide bonds. The van der Waals surface area contributed by atoms with Gasteiger partial charge in [0.25, 0.3) is 5.91 Å². The molecular weight excluding hydrogens is 252 g/mol. The average Bonchev–Trinajstić information content (AvgIpc) is 2.61. The van der Waals surface area contributed by atoms with E-state index in [1.165, 1.54) is 0 Å². The molecule has 0 spiro atoms. The van der Waals surface area contributed by atoms with E-state index in [0.717, 1.165) is 25.2 Å². The minimum atomic E-state index is -0.0143. The van der Waals surface area contributed by atoms with Gasteiger partial charge in [-0.25, -0.2) is 0 Å². The van der Waals surface area contributed by atoms with Gasteiger partial charge in [-0.1, -0.05) is 34.6 Å². The van der Waals surface area contributed by atoms with Crippen molar-refractivity contribution in [2.24, 2.45) is 18.9 Å². The molecule has 1 aromatic rings. The highest BCUT2D eigenvalue weighted by Crippen LogP contribution is 2.20. The molecule has 0 aliphatic rings. The molecule has 0 aromatic carbocycles. The maximum atomic E-state index is 12.8. The van der Waals surface area contributed by atoms with E-state index >= 15 is 0 Å². The van der Waals surface area contributed by atoms with Crippen molar-refractivity contribution in [3.63, 3.8) is 0 Å². The molecule has 0 bridgehead atoms. The Morgan fingerprint density at radius 3 is 2.10 bits per heavy atom. The predicted molar refractivity (Wildman–Crippen MR) is 82.6 cm³/mol. The Balaban J connectivity index is 3.08. The van der Waals surface area contributed by atoms with E-state index in [1.807, 2.05) is 11.8 Å². The molecule has 0 saturated carbocycles. The normalized spacial score (nSPS) is 11.4. The lowest BCUT2D eigenvalue weighted by Gasteiger charge is -2.26. The van der Waals surface area contributed by atoms with Gasteiger partial charge in [-0.15, -0.1) is 0 Å². The Labute approximate surface area is 122 Å². The van der Waals surface area contributed by atoms with E-state index in [-0.39, 0.29) is 5.91 Å². The van der Waals surface area contributed by atoms with Crippen molar-refractivity contribution < 1.29 is 4.79 Å². The Morgan fingerprint density at radius 2 is 1.75 bits per heavy atom. The van der Waals surface area contributed by atoms with Crippen LogP contribution in [0.2, 0.25) is 0 Å². The summed E-state index contributed by atoms with van der Waals surface area (Å²) in [5.41, 5.74) is 7.92. The van der Waals surface area contributed by atoms with Crippen LogP contribution in [0.25, 0.3) is 0 Å². The summed E-state index contributed by atoms with van der Waals surface area (Å²) in [5.74, 6) is 0.843. The summed E-state index contributed by atoms with van der Waals surface area (Å²) in [7, 11) is 1.78. The number of hydrogen-bond acceptors (Lipinski definition) is 3. The first kappa shape index (κ1) is 16.5. The molecule has 5 nitrogen and oxygen atoms in total. The lowest BCUT2D eigenvalue weighted by molar-refractivity contribution is 0.0705. The second kappa shape index (κ2) is 6.77. The maximum Gasteiger partial charge on any atom is 0.274 e. The minimum absolute atomic E-state index is 0.0143. The number of aryl methyl sites for hydroxylation is 2. The average molecular weight is 280 g/mol. The second-order valence-corrected chi connectivity index (χ2v) is 6.18. The van der Waals surface area contributed by atoms with Gasteiger partial charge in [0.1, 0.15) is 5.69 Å². The fourth-order valence-electron chi connectivity index (χ4n) is 2.38. The fourth-order valence-corrected chi connectivity index (χ4v) is 2.38. The monoisotopic (exact) mass is 280 g/mol. The first-order valence-electron chi connectivity index (χ1n) is 7.38. The largest absolute Gasteiger partial charge is 0.395 e. The van der Waals surface area contributed by atoms with Crippen LogP contribution in [0.3, 0.4) is 0 Å². The van der Waals surface area contributed by atoms with E-state index in [4.69, 9.17) is 5.73 Å². The summed E-state index contributed by atoms with van der Waals surface area (Å²) in [4.78, 5) is 14.7. The molecule has 0 aliphatic carbocycles. The molecule has 0 aliphatic heterocycles. The summed E-state index contributed by atoms with van der Waals surface area (Å²) >= 11 is 0. The van der Waals surface area contributed by atoms with Gasteiger partial charge in [0, 0.05) is 20.1 Å². The van der Waals surface area contributed by atoms with E-state index in [0.29, 0.717) is 23.2 Å². The molecule has 0 saturated heterocycles. The second-order valence-electron chi connectivity index (χ2n) is 6.18. The number of nitrogens with two attached hydrogens (primary N) is 1. The number of aromatic nitrogens is 2. The van der Waals surface area contributed by atoms with Crippen molar-refractivity contribution in [3.05, 3.63) is 11.4 Å². The van der Waals surface area contributed by atoms with Crippen LogP contribution in [-0.2, 0) is 13.5 Å². The molecule has 20 heavy (non-hydrogen) atoms. The fraction of sp³-hybridized carbons (Fsp3) is 0.733. The van der Waals surface area contributed by atoms with Crippen LogP contribution in [-0.4, -0.2) is 33.7 Å². The molecule has 0 atom stereocenters. The lowest BCUT2D eigenvalue weighted by atomic mass is 10.1. The molecule has 1 rings (SSSR count). The Morgan fingerprint density at radius 1 is 1.25 bits per heavy atom. The molecule has 114 valence electrons. The first-order chi connectivity index (χ1) is 9.27. The molecule has 1 aromatic heterocycles. The third kappa shape index (κ3) is 3.74. The molecule has 5 heteroatoms. The number of rotatable bonds is 6. The maximum absolute atomic E-state index is 12.8. The smallest absolute Gasteiger partial charge is 0.274 e. The number of nitrogens with zero attached hydrogens (tertiary/aromatic N) is 3. The molecule has 1 heterocycles. The Bertz CT molecular complexity index is 453. The van der Waals surface area contributed by atoms with Crippen molar-refractivity contribution in [2.45, 2.75) is 41.0 Å². The van der Waals surface area contributed by atoms with E-state index in [9.17, 15) is 4.79 Å². The highest BCUT2D eigenvalue weighted by atomic mass is 16.2. The van der Waals surface area contributed by atoms with Gasteiger partial charge in [-0.2, -0.15) is 5.10 Å². The van der Waals surface area contributed by atoms with Gasteiger partial charge in [0.05, 0.1) is 11.4 Å². The van der Waals surface area contributed by atoms with Gasteiger partial charge >= 0.3 is 0 Å². The van der Waals surface area contributed by atoms with Gasteiger partial charge < -0.3 is 10.6 Å². The number of hydrogen-bond donors (Lipinski definition) is 1. The third-order valence-corrected chi connectivity index (χ3v) is 3.16. The molecule has 2 N–H and O–H groups in total. The number of anilines is 1. The molecule has 0 unspecified atom stereocenters. The van der Waals surface area contributed by atoms with Crippen LogP contribution in [0.5, 0.6) is 0 Å². The van der Waals surface area contributed by atoms with Crippen LogP contribution in [0.4, 0.5) is 5.69 Å². The zero-order valence-corrected chi connectivity index (χ0v) is 13.6. The van der Waals surface area contributed by atoms with Crippen LogP contribution in [0.15, 0.2) is 0 Å². The van der Waals surface area contributed by atoms with E-state index in [2.05, 4.69) is 32.8 Å². The van der Waals surface area contributed by atoms with E-state index < -0.39 is 0 Å². The van der Waals surface area contributed by atoms with Crippen molar-refractivity contribution in [2.75, 3.05) is 18.8 Å². The number of nitrogen functional groups attached to an aromatic ring is 1. The van der Waals surface area contributed by atoms with E-state index in [1.54, 1.807) is 11.7 Å². The van der Waals surface area contributed by atoms with Crippen LogP contribution < -0.4 is 5.73 Å². The Kier molecular flexibility index (Phi) is 5.60. The zero-order valence-electron chi connectivity index (χ0n) is 13.6. The van der Waals surface area contributed by atoms with Crippen LogP contribution in [0.1, 0.15) is 50.8 Å². The first-order valence-corrected chi connectivity index (χ1v) is 7.38. The standard InChI is InChI=1S/C15H28N4O/c1-7-12-13(16)14(18(6)17-12)15(20)19(8-10(2)3)9-11(4)5/h10-11H,7-9,16H2,1-6H3. The quantitative estimate of drug-likeness (QED) is 0.869. The highest BCUT2D eigenvalue weighted by molar-refractivity contribution is 5.98. The van der Waals surface area contributed by atoms with Crippen molar-refractivity contribution in [3.8, 4) is 0 Å². The number of amides is 1. The van der Waals surface area contributed by atoms with Gasteiger partial charge in [0.15, 0.2) is 0 Å². The van der Waals surface area contributed by atoms with Crippen molar-refractivity contribution in [1.29, 1.82) is 0 Å². The Hall–Kier alpha value is -1.52. The molecular formula is C15H28N4O. The molecule has 0 radical (unpaired) electrons. The van der Waals surface area contributed by atoms with Crippen LogP contribution >= 0.6 is 0 Å². The number of carbonyl (C=O) groups is 1. The van der Waals surface area contributed by atoms with Crippen molar-refractivity contribution >= 4 is 11.6 Å². The summed E-state index contributed by atoms with van der Waals surface area (Å²) in [6.45, 7) is 11.9. The summed E-state index contributed by atoms with van der Waals surface area (Å²) < 4.78 is 1.62. The van der Waals surface area contributed by atoms with Gasteiger partial charge in [-0.3, -0.25) is 9.48 Å².